The minimum atomic E-state index is 0.139. The Morgan fingerprint density at radius 1 is 1.32 bits per heavy atom. The Bertz CT molecular complexity index is 639. The van der Waals surface area contributed by atoms with Crippen molar-refractivity contribution < 1.29 is 9.53 Å². The lowest BCUT2D eigenvalue weighted by molar-refractivity contribution is -0.0160. The normalized spacial score (nSPS) is 29.9. The Balaban J connectivity index is 1.55. The maximum absolute atomic E-state index is 13.3. The average molecular weight is 346 g/mol. The molecule has 0 N–H and O–H groups in total. The standard InChI is InChI=1S/C19H30N4O2/c1-4-23-16(9-13(2)20-23)19(24)22-8-7-18(25-3)15-11-21(12-17(15)22)10-14-5-6-14/h9,14-15,17-18H,4-8,10-12H2,1-3H3/t15-,17+,18+/m1/s1. The number of hydrogen-bond donors (Lipinski definition) is 0. The van der Waals surface area contributed by atoms with Gasteiger partial charge in [0.25, 0.3) is 5.91 Å². The Labute approximate surface area is 150 Å². The van der Waals surface area contributed by atoms with Crippen molar-refractivity contribution in [3.8, 4) is 0 Å². The number of carbonyl (C=O) groups is 1. The quantitative estimate of drug-likeness (QED) is 0.816. The van der Waals surface area contributed by atoms with E-state index >= 15 is 0 Å². The molecule has 0 radical (unpaired) electrons. The molecule has 6 heteroatoms. The van der Waals surface area contributed by atoms with Crippen LogP contribution in [0.5, 0.6) is 0 Å². The van der Waals surface area contributed by atoms with E-state index in [4.69, 9.17) is 4.74 Å². The molecule has 0 aromatic carbocycles. The molecule has 6 nitrogen and oxygen atoms in total. The summed E-state index contributed by atoms with van der Waals surface area (Å²) < 4.78 is 7.61. The van der Waals surface area contributed by atoms with Crippen molar-refractivity contribution in [3.05, 3.63) is 17.5 Å². The topological polar surface area (TPSA) is 50.6 Å². The summed E-state index contributed by atoms with van der Waals surface area (Å²) in [5.41, 5.74) is 1.64. The molecule has 1 aliphatic carbocycles. The van der Waals surface area contributed by atoms with E-state index in [0.29, 0.717) is 5.92 Å². The first-order valence-corrected chi connectivity index (χ1v) is 9.71. The van der Waals surface area contributed by atoms with E-state index in [9.17, 15) is 4.79 Å². The molecule has 0 bridgehead atoms. The molecule has 2 saturated heterocycles. The maximum atomic E-state index is 13.3. The number of ether oxygens (including phenoxy) is 1. The number of methoxy groups -OCH3 is 1. The molecule has 3 atom stereocenters. The predicted molar refractivity (Wildman–Crippen MR) is 95.5 cm³/mol. The molecule has 3 heterocycles. The molecule has 1 aromatic heterocycles. The maximum Gasteiger partial charge on any atom is 0.272 e. The highest BCUT2D eigenvalue weighted by Crippen LogP contribution is 2.36. The molecule has 0 unspecified atom stereocenters. The number of rotatable bonds is 5. The highest BCUT2D eigenvalue weighted by atomic mass is 16.5. The number of aromatic nitrogens is 2. The van der Waals surface area contributed by atoms with E-state index in [1.54, 1.807) is 0 Å². The molecular formula is C19H30N4O2. The highest BCUT2D eigenvalue weighted by Gasteiger charge is 2.47. The molecule has 1 amide bonds. The van der Waals surface area contributed by atoms with Gasteiger partial charge in [0.2, 0.25) is 0 Å². The largest absolute Gasteiger partial charge is 0.381 e. The zero-order valence-corrected chi connectivity index (χ0v) is 15.6. The van der Waals surface area contributed by atoms with Gasteiger partial charge in [-0.1, -0.05) is 0 Å². The Kier molecular flexibility index (Phi) is 4.58. The van der Waals surface area contributed by atoms with E-state index in [1.807, 2.05) is 31.7 Å². The van der Waals surface area contributed by atoms with Gasteiger partial charge in [-0.25, -0.2) is 0 Å². The van der Waals surface area contributed by atoms with Crippen LogP contribution in [0.2, 0.25) is 0 Å². The zero-order valence-electron chi connectivity index (χ0n) is 15.6. The average Bonchev–Trinajstić information content (AvgIpc) is 3.18. The fourth-order valence-electron chi connectivity index (χ4n) is 4.70. The van der Waals surface area contributed by atoms with Gasteiger partial charge >= 0.3 is 0 Å². The number of nitrogens with zero attached hydrogens (tertiary/aromatic N) is 4. The summed E-state index contributed by atoms with van der Waals surface area (Å²) in [7, 11) is 1.82. The summed E-state index contributed by atoms with van der Waals surface area (Å²) in [5, 5.41) is 4.46. The van der Waals surface area contributed by atoms with Crippen LogP contribution < -0.4 is 0 Å². The van der Waals surface area contributed by atoms with Crippen LogP contribution in [0.4, 0.5) is 0 Å². The van der Waals surface area contributed by atoms with Crippen molar-refractivity contribution >= 4 is 5.91 Å². The number of amides is 1. The summed E-state index contributed by atoms with van der Waals surface area (Å²) in [4.78, 5) is 17.9. The first-order valence-electron chi connectivity index (χ1n) is 9.71. The fraction of sp³-hybridized carbons (Fsp3) is 0.789. The van der Waals surface area contributed by atoms with Gasteiger partial charge in [-0.15, -0.1) is 0 Å². The molecule has 25 heavy (non-hydrogen) atoms. The first-order chi connectivity index (χ1) is 12.1. The van der Waals surface area contributed by atoms with E-state index in [1.165, 1.54) is 19.4 Å². The van der Waals surface area contributed by atoms with Gasteiger partial charge in [-0.05, 0) is 45.1 Å². The summed E-state index contributed by atoms with van der Waals surface area (Å²) in [5.74, 6) is 1.45. The van der Waals surface area contributed by atoms with Crippen molar-refractivity contribution in [1.29, 1.82) is 0 Å². The number of carbonyl (C=O) groups excluding carboxylic acids is 1. The van der Waals surface area contributed by atoms with Gasteiger partial charge in [0.05, 0.1) is 17.8 Å². The second-order valence-electron chi connectivity index (χ2n) is 7.94. The van der Waals surface area contributed by atoms with Crippen LogP contribution in [0.25, 0.3) is 0 Å². The fourth-order valence-corrected chi connectivity index (χ4v) is 4.70. The first kappa shape index (κ1) is 17.0. The number of hydrogen-bond acceptors (Lipinski definition) is 4. The van der Waals surface area contributed by atoms with Crippen LogP contribution >= 0.6 is 0 Å². The van der Waals surface area contributed by atoms with E-state index in [-0.39, 0.29) is 18.1 Å². The minimum absolute atomic E-state index is 0.139. The summed E-state index contributed by atoms with van der Waals surface area (Å²) in [6, 6.07) is 2.20. The molecule has 4 rings (SSSR count). The van der Waals surface area contributed by atoms with Crippen LogP contribution in [0.15, 0.2) is 6.07 Å². The van der Waals surface area contributed by atoms with Gasteiger partial charge in [-0.3, -0.25) is 9.48 Å². The Morgan fingerprint density at radius 2 is 2.12 bits per heavy atom. The van der Waals surface area contributed by atoms with Crippen molar-refractivity contribution in [3.63, 3.8) is 0 Å². The summed E-state index contributed by atoms with van der Waals surface area (Å²) >= 11 is 0. The van der Waals surface area contributed by atoms with E-state index < -0.39 is 0 Å². The van der Waals surface area contributed by atoms with Crippen LogP contribution in [0.1, 0.15) is 42.4 Å². The Morgan fingerprint density at radius 3 is 2.80 bits per heavy atom. The molecular weight excluding hydrogens is 316 g/mol. The van der Waals surface area contributed by atoms with Crippen molar-refractivity contribution in [2.24, 2.45) is 11.8 Å². The number of piperidine rings is 1. The Hall–Kier alpha value is -1.40. The van der Waals surface area contributed by atoms with Gasteiger partial charge in [0, 0.05) is 45.8 Å². The van der Waals surface area contributed by atoms with Gasteiger partial charge in [0.15, 0.2) is 0 Å². The molecule has 0 spiro atoms. The highest BCUT2D eigenvalue weighted by molar-refractivity contribution is 5.93. The molecule has 1 aromatic rings. The third-order valence-corrected chi connectivity index (χ3v) is 6.14. The minimum Gasteiger partial charge on any atom is -0.381 e. The summed E-state index contributed by atoms with van der Waals surface area (Å²) in [6.07, 6.45) is 3.95. The molecule has 2 aliphatic heterocycles. The van der Waals surface area contributed by atoms with Crippen molar-refractivity contribution in [2.45, 2.75) is 51.8 Å². The van der Waals surface area contributed by atoms with Crippen LogP contribution in [0, 0.1) is 18.8 Å². The van der Waals surface area contributed by atoms with E-state index in [0.717, 1.165) is 49.9 Å². The third kappa shape index (κ3) is 3.22. The second-order valence-corrected chi connectivity index (χ2v) is 7.94. The third-order valence-electron chi connectivity index (χ3n) is 6.14. The van der Waals surface area contributed by atoms with Gasteiger partial charge in [0.1, 0.15) is 5.69 Å². The van der Waals surface area contributed by atoms with Gasteiger partial charge < -0.3 is 14.5 Å². The van der Waals surface area contributed by atoms with Crippen LogP contribution in [0.3, 0.4) is 0 Å². The van der Waals surface area contributed by atoms with Crippen molar-refractivity contribution in [2.75, 3.05) is 33.3 Å². The molecule has 1 saturated carbocycles. The number of aryl methyl sites for hydroxylation is 2. The van der Waals surface area contributed by atoms with Crippen LogP contribution in [-0.4, -0.2) is 70.9 Å². The second kappa shape index (κ2) is 6.72. The van der Waals surface area contributed by atoms with Crippen LogP contribution in [-0.2, 0) is 11.3 Å². The SMILES string of the molecule is CCn1nc(C)cc1C(=O)N1CC[C@H](OC)[C@@H]2CN(CC3CC3)C[C@@H]21. The lowest BCUT2D eigenvalue weighted by atomic mass is 9.88. The number of likely N-dealkylation sites (tertiary alicyclic amines) is 2. The summed E-state index contributed by atoms with van der Waals surface area (Å²) in [6.45, 7) is 8.75. The lowest BCUT2D eigenvalue weighted by Gasteiger charge is -2.41. The smallest absolute Gasteiger partial charge is 0.272 e. The molecule has 3 aliphatic rings. The monoisotopic (exact) mass is 346 g/mol. The molecule has 138 valence electrons. The predicted octanol–water partition coefficient (Wildman–Crippen LogP) is 1.78. The lowest BCUT2D eigenvalue weighted by Crippen LogP contribution is -2.53. The van der Waals surface area contributed by atoms with Crippen molar-refractivity contribution in [1.82, 2.24) is 19.6 Å². The number of fused-ring (bicyclic) bond motifs is 1. The van der Waals surface area contributed by atoms with Gasteiger partial charge in [-0.2, -0.15) is 5.10 Å². The zero-order chi connectivity index (χ0) is 17.6. The van der Waals surface area contributed by atoms with E-state index in [2.05, 4.69) is 14.9 Å². The molecule has 3 fully saturated rings.